The van der Waals surface area contributed by atoms with Crippen LogP contribution in [0.1, 0.15) is 18.9 Å². The van der Waals surface area contributed by atoms with E-state index in [4.69, 9.17) is 11.6 Å². The number of carbonyl (C=O) groups is 1. The van der Waals surface area contributed by atoms with E-state index in [-0.39, 0.29) is 18.5 Å². The average molecular weight is 319 g/mol. The summed E-state index contributed by atoms with van der Waals surface area (Å²) in [4.78, 5) is 14.2. The molecular formula is C17H16ClFN2O. The van der Waals surface area contributed by atoms with Crippen molar-refractivity contribution in [2.45, 2.75) is 25.9 Å². The van der Waals surface area contributed by atoms with E-state index in [1.54, 1.807) is 17.0 Å². The zero-order valence-electron chi connectivity index (χ0n) is 12.1. The van der Waals surface area contributed by atoms with Gasteiger partial charge in [-0.05, 0) is 30.7 Å². The van der Waals surface area contributed by atoms with Crippen molar-refractivity contribution in [2.75, 3.05) is 10.2 Å². The lowest BCUT2D eigenvalue weighted by atomic mass is 10.1. The number of anilines is 2. The maximum absolute atomic E-state index is 14.0. The van der Waals surface area contributed by atoms with Crippen LogP contribution in [0, 0.1) is 5.82 Å². The van der Waals surface area contributed by atoms with E-state index in [2.05, 4.69) is 5.32 Å². The number of amides is 1. The van der Waals surface area contributed by atoms with Crippen molar-refractivity contribution in [1.29, 1.82) is 0 Å². The normalized spacial score (nSPS) is 17.1. The van der Waals surface area contributed by atoms with Crippen molar-refractivity contribution in [3.8, 4) is 0 Å². The van der Waals surface area contributed by atoms with Crippen molar-refractivity contribution in [3.05, 3.63) is 58.9 Å². The number of hydrogen-bond donors (Lipinski definition) is 1. The van der Waals surface area contributed by atoms with Gasteiger partial charge in [-0.2, -0.15) is 0 Å². The zero-order valence-corrected chi connectivity index (χ0v) is 12.9. The molecule has 0 spiro atoms. The lowest BCUT2D eigenvalue weighted by molar-refractivity contribution is -0.119. The topological polar surface area (TPSA) is 32.3 Å². The van der Waals surface area contributed by atoms with Crippen molar-refractivity contribution < 1.29 is 9.18 Å². The molecule has 1 amide bonds. The molecule has 1 aliphatic heterocycles. The maximum atomic E-state index is 14.0. The van der Waals surface area contributed by atoms with E-state index < -0.39 is 5.82 Å². The molecule has 114 valence electrons. The molecule has 1 heterocycles. The fourth-order valence-electron chi connectivity index (χ4n) is 2.67. The zero-order chi connectivity index (χ0) is 15.7. The van der Waals surface area contributed by atoms with Gasteiger partial charge in [-0.3, -0.25) is 4.79 Å². The van der Waals surface area contributed by atoms with Gasteiger partial charge in [0.1, 0.15) is 11.9 Å². The van der Waals surface area contributed by atoms with Crippen LogP contribution >= 0.6 is 11.6 Å². The van der Waals surface area contributed by atoms with Crippen LogP contribution in [-0.4, -0.2) is 11.9 Å². The van der Waals surface area contributed by atoms with Gasteiger partial charge < -0.3 is 10.2 Å². The third-order valence-corrected chi connectivity index (χ3v) is 4.23. The molecule has 3 rings (SSSR count). The number of carbonyl (C=O) groups excluding carboxylic acids is 1. The molecule has 0 aromatic heterocycles. The van der Waals surface area contributed by atoms with E-state index in [1.165, 1.54) is 6.07 Å². The van der Waals surface area contributed by atoms with Gasteiger partial charge >= 0.3 is 0 Å². The van der Waals surface area contributed by atoms with Crippen LogP contribution in [0.4, 0.5) is 15.8 Å². The standard InChI is InChI=1S/C17H16ClFN2O/c1-2-14-17(22)21(16-9-4-3-8-15(16)20-14)10-11-12(18)6-5-7-13(11)19/h3-9,14,20H,2,10H2,1H3. The van der Waals surface area contributed by atoms with E-state index >= 15 is 0 Å². The maximum Gasteiger partial charge on any atom is 0.249 e. The van der Waals surface area contributed by atoms with E-state index in [1.807, 2.05) is 31.2 Å². The molecule has 5 heteroatoms. The molecule has 0 fully saturated rings. The lowest BCUT2D eigenvalue weighted by Crippen LogP contribution is -2.46. The Kier molecular flexibility index (Phi) is 4.03. The Bertz CT molecular complexity index is 699. The van der Waals surface area contributed by atoms with Gasteiger partial charge in [-0.15, -0.1) is 0 Å². The summed E-state index contributed by atoms with van der Waals surface area (Å²) >= 11 is 6.10. The number of para-hydroxylation sites is 2. The third-order valence-electron chi connectivity index (χ3n) is 3.87. The molecule has 2 aromatic carbocycles. The van der Waals surface area contributed by atoms with Crippen molar-refractivity contribution in [3.63, 3.8) is 0 Å². The van der Waals surface area contributed by atoms with E-state index in [0.29, 0.717) is 17.0 Å². The second-order valence-electron chi connectivity index (χ2n) is 5.25. The quantitative estimate of drug-likeness (QED) is 0.919. The van der Waals surface area contributed by atoms with Crippen LogP contribution < -0.4 is 10.2 Å². The van der Waals surface area contributed by atoms with Crippen molar-refractivity contribution >= 4 is 28.9 Å². The Balaban J connectivity index is 2.03. The second-order valence-corrected chi connectivity index (χ2v) is 5.65. The highest BCUT2D eigenvalue weighted by Crippen LogP contribution is 2.34. The van der Waals surface area contributed by atoms with Crippen LogP contribution in [0.5, 0.6) is 0 Å². The number of hydrogen-bond acceptors (Lipinski definition) is 2. The molecule has 2 aromatic rings. The highest BCUT2D eigenvalue weighted by molar-refractivity contribution is 6.31. The highest BCUT2D eigenvalue weighted by atomic mass is 35.5. The van der Waals surface area contributed by atoms with Gasteiger partial charge in [0.05, 0.1) is 17.9 Å². The Hall–Kier alpha value is -2.07. The predicted octanol–water partition coefficient (Wildman–Crippen LogP) is 4.22. The van der Waals surface area contributed by atoms with E-state index in [0.717, 1.165) is 11.4 Å². The smallest absolute Gasteiger partial charge is 0.249 e. The number of fused-ring (bicyclic) bond motifs is 1. The fourth-order valence-corrected chi connectivity index (χ4v) is 2.89. The summed E-state index contributed by atoms with van der Waals surface area (Å²) in [5.74, 6) is -0.468. The van der Waals surface area contributed by atoms with Gasteiger partial charge in [0.2, 0.25) is 5.91 Å². The number of rotatable bonds is 3. The summed E-state index contributed by atoms with van der Waals surface area (Å²) in [5, 5.41) is 3.55. The number of benzene rings is 2. The predicted molar refractivity (Wildman–Crippen MR) is 86.7 cm³/mol. The van der Waals surface area contributed by atoms with Gasteiger partial charge in [-0.1, -0.05) is 36.7 Å². The summed E-state index contributed by atoms with van der Waals surface area (Å²) in [6.45, 7) is 2.07. The molecule has 0 saturated heterocycles. The molecule has 0 saturated carbocycles. The molecule has 22 heavy (non-hydrogen) atoms. The first-order chi connectivity index (χ1) is 10.6. The molecule has 1 aliphatic rings. The summed E-state index contributed by atoms with van der Waals surface area (Å²) < 4.78 is 14.0. The third kappa shape index (κ3) is 2.55. The molecule has 1 atom stereocenters. The molecule has 1 N–H and O–H groups in total. The first kappa shape index (κ1) is 14.9. The summed E-state index contributed by atoms with van der Waals surface area (Å²) in [5.41, 5.74) is 1.96. The minimum atomic E-state index is -0.399. The van der Waals surface area contributed by atoms with Gasteiger partial charge in [0.25, 0.3) is 0 Å². The Morgan fingerprint density at radius 2 is 2.00 bits per heavy atom. The number of nitrogens with one attached hydrogen (secondary N) is 1. The minimum absolute atomic E-state index is 0.0690. The molecule has 0 bridgehead atoms. The largest absolute Gasteiger partial charge is 0.372 e. The SMILES string of the molecule is CCC1Nc2ccccc2N(Cc2c(F)cccc2Cl)C1=O. The average Bonchev–Trinajstić information content (AvgIpc) is 2.52. The van der Waals surface area contributed by atoms with Crippen molar-refractivity contribution in [1.82, 2.24) is 0 Å². The first-order valence-electron chi connectivity index (χ1n) is 7.21. The molecule has 0 aliphatic carbocycles. The Morgan fingerprint density at radius 3 is 2.73 bits per heavy atom. The van der Waals surface area contributed by atoms with Crippen molar-refractivity contribution in [2.24, 2.45) is 0 Å². The van der Waals surface area contributed by atoms with Crippen LogP contribution in [0.25, 0.3) is 0 Å². The molecule has 0 radical (unpaired) electrons. The van der Waals surface area contributed by atoms with Gasteiger partial charge in [0, 0.05) is 10.6 Å². The summed E-state index contributed by atoms with van der Waals surface area (Å²) in [6, 6.07) is 11.8. The molecular weight excluding hydrogens is 303 g/mol. The Labute approximate surface area is 133 Å². The summed E-state index contributed by atoms with van der Waals surface area (Å²) in [6.07, 6.45) is 0.661. The van der Waals surface area contributed by atoms with Crippen LogP contribution in [0.15, 0.2) is 42.5 Å². The molecule has 1 unspecified atom stereocenters. The van der Waals surface area contributed by atoms with Crippen LogP contribution in [0.2, 0.25) is 5.02 Å². The fraction of sp³-hybridized carbons (Fsp3) is 0.235. The lowest BCUT2D eigenvalue weighted by Gasteiger charge is -2.35. The highest BCUT2D eigenvalue weighted by Gasteiger charge is 2.31. The van der Waals surface area contributed by atoms with Gasteiger partial charge in [-0.25, -0.2) is 4.39 Å². The Morgan fingerprint density at radius 1 is 1.23 bits per heavy atom. The van der Waals surface area contributed by atoms with Crippen LogP contribution in [0.3, 0.4) is 0 Å². The minimum Gasteiger partial charge on any atom is -0.372 e. The van der Waals surface area contributed by atoms with Gasteiger partial charge in [0.15, 0.2) is 0 Å². The van der Waals surface area contributed by atoms with E-state index in [9.17, 15) is 9.18 Å². The number of nitrogens with zero attached hydrogens (tertiary/aromatic N) is 1. The second kappa shape index (κ2) is 5.97. The first-order valence-corrected chi connectivity index (χ1v) is 7.59. The monoisotopic (exact) mass is 318 g/mol. The number of halogens is 2. The summed E-state index contributed by atoms with van der Waals surface area (Å²) in [7, 11) is 0. The van der Waals surface area contributed by atoms with Crippen LogP contribution in [-0.2, 0) is 11.3 Å². The molecule has 3 nitrogen and oxygen atoms in total.